The summed E-state index contributed by atoms with van der Waals surface area (Å²) in [6.07, 6.45) is 21.6. The van der Waals surface area contributed by atoms with E-state index in [2.05, 4.69) is 41.8 Å². The molecule has 0 atom stereocenters. The first-order chi connectivity index (χ1) is 16.4. The standard InChI is InChI=1S/C27H54N4O3/c1-30(2)24-18-22-28-26(32)20-16-14-12-10-8-6-4-5-7-9-11-13-15-17-21-27(33)29-23-19-25-31(3)34/h4-5,34H,6-25H2,1-3H3,(H,28,32)(H,29,33)/b5-4+. The molecule has 0 fully saturated rings. The van der Waals surface area contributed by atoms with E-state index in [0.29, 0.717) is 25.9 Å². The van der Waals surface area contributed by atoms with Crippen molar-refractivity contribution in [3.63, 3.8) is 0 Å². The van der Waals surface area contributed by atoms with Gasteiger partial charge in [-0.3, -0.25) is 9.59 Å². The fraction of sp³-hybridized carbons (Fsp3) is 0.852. The highest BCUT2D eigenvalue weighted by molar-refractivity contribution is 5.76. The van der Waals surface area contributed by atoms with E-state index in [9.17, 15) is 9.59 Å². The molecule has 0 saturated carbocycles. The molecule has 0 heterocycles. The molecule has 0 radical (unpaired) electrons. The van der Waals surface area contributed by atoms with Gasteiger partial charge in [-0.25, -0.2) is 0 Å². The summed E-state index contributed by atoms with van der Waals surface area (Å²) in [7, 11) is 5.72. The van der Waals surface area contributed by atoms with Crippen LogP contribution in [0.3, 0.4) is 0 Å². The zero-order valence-corrected chi connectivity index (χ0v) is 22.5. The summed E-state index contributed by atoms with van der Waals surface area (Å²) >= 11 is 0. The third kappa shape index (κ3) is 26.8. The number of hydrogen-bond donors (Lipinski definition) is 3. The molecule has 0 saturated heterocycles. The van der Waals surface area contributed by atoms with Crippen molar-refractivity contribution in [2.45, 2.75) is 103 Å². The summed E-state index contributed by atoms with van der Waals surface area (Å²) in [5.74, 6) is 0.325. The Kier molecular flexibility index (Phi) is 23.6. The maximum absolute atomic E-state index is 11.8. The van der Waals surface area contributed by atoms with Crippen molar-refractivity contribution in [3.8, 4) is 0 Å². The van der Waals surface area contributed by atoms with E-state index in [1.54, 1.807) is 7.05 Å². The molecule has 0 aliphatic rings. The Morgan fingerprint density at radius 2 is 1.03 bits per heavy atom. The Labute approximate surface area is 209 Å². The molecule has 200 valence electrons. The van der Waals surface area contributed by atoms with Gasteiger partial charge in [-0.2, -0.15) is 5.06 Å². The molecule has 0 aliphatic heterocycles. The van der Waals surface area contributed by atoms with Crippen LogP contribution in [0.4, 0.5) is 0 Å². The summed E-state index contributed by atoms with van der Waals surface area (Å²) in [6.45, 7) is 3.01. The highest BCUT2D eigenvalue weighted by atomic mass is 16.5. The van der Waals surface area contributed by atoms with E-state index in [1.165, 1.54) is 38.5 Å². The monoisotopic (exact) mass is 482 g/mol. The second-order valence-corrected chi connectivity index (χ2v) is 9.68. The van der Waals surface area contributed by atoms with Crippen LogP contribution in [0, 0.1) is 0 Å². The average molecular weight is 483 g/mol. The lowest BCUT2D eigenvalue weighted by atomic mass is 10.1. The predicted octanol–water partition coefficient (Wildman–Crippen LogP) is 4.90. The maximum atomic E-state index is 11.8. The molecule has 0 aromatic rings. The van der Waals surface area contributed by atoms with Crippen LogP contribution in [0.1, 0.15) is 103 Å². The van der Waals surface area contributed by atoms with Gasteiger partial charge in [0.05, 0.1) is 0 Å². The predicted molar refractivity (Wildman–Crippen MR) is 142 cm³/mol. The van der Waals surface area contributed by atoms with Crippen molar-refractivity contribution in [2.75, 3.05) is 47.3 Å². The topological polar surface area (TPSA) is 84.9 Å². The Hall–Kier alpha value is -1.44. The molecule has 2 amide bonds. The van der Waals surface area contributed by atoms with Crippen LogP contribution in [0.15, 0.2) is 12.2 Å². The third-order valence-electron chi connectivity index (χ3n) is 5.80. The number of carbonyl (C=O) groups is 2. The molecule has 7 nitrogen and oxygen atoms in total. The molecular weight excluding hydrogens is 428 g/mol. The Bertz CT molecular complexity index is 466. The number of allylic oxidation sites excluding steroid dienone is 2. The summed E-state index contributed by atoms with van der Waals surface area (Å²) in [5.41, 5.74) is 0. The van der Waals surface area contributed by atoms with E-state index in [1.807, 2.05) is 0 Å². The van der Waals surface area contributed by atoms with E-state index in [-0.39, 0.29) is 11.8 Å². The number of carbonyl (C=O) groups excluding carboxylic acids is 2. The van der Waals surface area contributed by atoms with E-state index in [0.717, 1.165) is 69.5 Å². The van der Waals surface area contributed by atoms with Crippen LogP contribution >= 0.6 is 0 Å². The quantitative estimate of drug-likeness (QED) is 0.104. The highest BCUT2D eigenvalue weighted by Crippen LogP contribution is 2.10. The molecular formula is C27H54N4O3. The molecule has 34 heavy (non-hydrogen) atoms. The molecule has 0 aromatic carbocycles. The van der Waals surface area contributed by atoms with Crippen molar-refractivity contribution < 1.29 is 14.8 Å². The van der Waals surface area contributed by atoms with Crippen LogP contribution in [0.5, 0.6) is 0 Å². The Morgan fingerprint density at radius 3 is 1.47 bits per heavy atom. The van der Waals surface area contributed by atoms with Gasteiger partial charge in [0.15, 0.2) is 0 Å². The zero-order valence-electron chi connectivity index (χ0n) is 22.5. The number of nitrogens with one attached hydrogen (secondary N) is 2. The first-order valence-corrected chi connectivity index (χ1v) is 13.6. The molecule has 7 heteroatoms. The number of hydroxylamine groups is 2. The number of unbranched alkanes of at least 4 members (excludes halogenated alkanes) is 10. The minimum atomic E-state index is 0.125. The van der Waals surface area contributed by atoms with Gasteiger partial charge < -0.3 is 20.7 Å². The van der Waals surface area contributed by atoms with Gasteiger partial charge in [-0.1, -0.05) is 50.7 Å². The fourth-order valence-corrected chi connectivity index (χ4v) is 3.73. The number of hydrogen-bond acceptors (Lipinski definition) is 5. The molecule has 0 aromatic heterocycles. The van der Waals surface area contributed by atoms with Crippen molar-refractivity contribution in [2.24, 2.45) is 0 Å². The summed E-state index contributed by atoms with van der Waals surface area (Å²) < 4.78 is 0. The van der Waals surface area contributed by atoms with Crippen molar-refractivity contribution in [1.82, 2.24) is 20.6 Å². The molecule has 0 rings (SSSR count). The summed E-state index contributed by atoms with van der Waals surface area (Å²) in [6, 6.07) is 0. The summed E-state index contributed by atoms with van der Waals surface area (Å²) in [4.78, 5) is 25.6. The van der Waals surface area contributed by atoms with E-state index in [4.69, 9.17) is 5.21 Å². The van der Waals surface area contributed by atoms with Crippen molar-refractivity contribution >= 4 is 11.8 Å². The lowest BCUT2D eigenvalue weighted by molar-refractivity contribution is -0.122. The first kappa shape index (κ1) is 32.6. The fourth-order valence-electron chi connectivity index (χ4n) is 3.73. The minimum Gasteiger partial charge on any atom is -0.356 e. The minimum absolute atomic E-state index is 0.125. The van der Waals surface area contributed by atoms with Gasteiger partial charge in [-0.05, 0) is 72.0 Å². The first-order valence-electron chi connectivity index (χ1n) is 13.6. The second kappa shape index (κ2) is 24.7. The van der Waals surface area contributed by atoms with Crippen LogP contribution in [-0.2, 0) is 9.59 Å². The molecule has 0 aliphatic carbocycles. The normalized spacial score (nSPS) is 11.6. The van der Waals surface area contributed by atoms with Gasteiger partial charge in [0.1, 0.15) is 0 Å². The SMILES string of the molecule is CN(C)CCCNC(=O)CCCCCCC/C=C/CCCCCCCC(=O)NCCCN(C)O. The van der Waals surface area contributed by atoms with Crippen molar-refractivity contribution in [3.05, 3.63) is 12.2 Å². The smallest absolute Gasteiger partial charge is 0.219 e. The van der Waals surface area contributed by atoms with Gasteiger partial charge in [0.25, 0.3) is 0 Å². The van der Waals surface area contributed by atoms with Crippen LogP contribution in [0.25, 0.3) is 0 Å². The number of nitrogens with zero attached hydrogens (tertiary/aromatic N) is 2. The van der Waals surface area contributed by atoms with Crippen LogP contribution < -0.4 is 10.6 Å². The van der Waals surface area contributed by atoms with E-state index >= 15 is 0 Å². The van der Waals surface area contributed by atoms with Crippen LogP contribution in [-0.4, -0.2) is 74.3 Å². The molecule has 0 spiro atoms. The van der Waals surface area contributed by atoms with E-state index < -0.39 is 0 Å². The Morgan fingerprint density at radius 1 is 0.618 bits per heavy atom. The average Bonchev–Trinajstić information content (AvgIpc) is 2.79. The lowest BCUT2D eigenvalue weighted by Crippen LogP contribution is -2.26. The van der Waals surface area contributed by atoms with Crippen LogP contribution in [0.2, 0.25) is 0 Å². The number of amides is 2. The lowest BCUT2D eigenvalue weighted by Gasteiger charge is -2.09. The highest BCUT2D eigenvalue weighted by Gasteiger charge is 2.02. The van der Waals surface area contributed by atoms with Gasteiger partial charge in [0, 0.05) is 39.5 Å². The van der Waals surface area contributed by atoms with Gasteiger partial charge >= 0.3 is 0 Å². The van der Waals surface area contributed by atoms with Gasteiger partial charge in [0.2, 0.25) is 11.8 Å². The number of rotatable bonds is 24. The second-order valence-electron chi connectivity index (χ2n) is 9.68. The molecule has 3 N–H and O–H groups in total. The summed E-state index contributed by atoms with van der Waals surface area (Å²) in [5, 5.41) is 16.1. The zero-order chi connectivity index (χ0) is 25.3. The molecule has 0 unspecified atom stereocenters. The van der Waals surface area contributed by atoms with Gasteiger partial charge in [-0.15, -0.1) is 0 Å². The molecule has 0 bridgehead atoms. The van der Waals surface area contributed by atoms with Crippen molar-refractivity contribution in [1.29, 1.82) is 0 Å². The largest absolute Gasteiger partial charge is 0.356 e. The third-order valence-corrected chi connectivity index (χ3v) is 5.80. The maximum Gasteiger partial charge on any atom is 0.219 e. The Balaban J connectivity index is 3.28.